The van der Waals surface area contributed by atoms with Crippen molar-refractivity contribution in [2.75, 3.05) is 46.6 Å². The first kappa shape index (κ1) is 27.5. The zero-order valence-electron chi connectivity index (χ0n) is 19.0. The quantitative estimate of drug-likeness (QED) is 0.238. The van der Waals surface area contributed by atoms with E-state index in [0.717, 1.165) is 3.57 Å². The van der Waals surface area contributed by atoms with Gasteiger partial charge in [0.2, 0.25) is 11.8 Å². The molecule has 1 aliphatic carbocycles. The molecule has 184 valence electrons. The topological polar surface area (TPSA) is 118 Å². The Morgan fingerprint density at radius 1 is 1.30 bits per heavy atom. The number of ether oxygens (including phenoxy) is 3. The molecule has 0 saturated carbocycles. The minimum absolute atomic E-state index is 0.103. The average molecular weight is 576 g/mol. The number of para-hydroxylation sites is 1. The van der Waals surface area contributed by atoms with Crippen LogP contribution in [0.25, 0.3) is 0 Å². The number of carbonyl (C=O) groups excluding carboxylic acids is 2. The number of aliphatic hydroxyl groups excluding tert-OH is 2. The molecule has 3 atom stereocenters. The molecule has 0 bridgehead atoms. The predicted molar refractivity (Wildman–Crippen MR) is 131 cm³/mol. The van der Waals surface area contributed by atoms with Crippen molar-refractivity contribution in [3.63, 3.8) is 0 Å². The molecule has 3 N–H and O–H groups in total. The van der Waals surface area contributed by atoms with Crippen molar-refractivity contribution in [1.82, 2.24) is 10.2 Å². The normalized spacial score (nSPS) is 20.2. The van der Waals surface area contributed by atoms with Gasteiger partial charge >= 0.3 is 0 Å². The van der Waals surface area contributed by atoms with E-state index in [-0.39, 0.29) is 38.0 Å². The molecule has 9 nitrogen and oxygen atoms in total. The Bertz CT molecular complexity index is 805. The minimum atomic E-state index is -1.07. The molecular formula is C23H33IN2O7. The highest BCUT2D eigenvalue weighted by Gasteiger charge is 2.40. The van der Waals surface area contributed by atoms with Crippen LogP contribution in [0.3, 0.4) is 0 Å². The van der Waals surface area contributed by atoms with E-state index in [4.69, 9.17) is 19.3 Å². The van der Waals surface area contributed by atoms with Crippen LogP contribution in [0.15, 0.2) is 35.9 Å². The Balaban J connectivity index is 2.33. The second-order valence-electron chi connectivity index (χ2n) is 7.52. The van der Waals surface area contributed by atoms with Crippen molar-refractivity contribution < 1.29 is 34.0 Å². The van der Waals surface area contributed by atoms with E-state index in [1.54, 1.807) is 17.0 Å². The van der Waals surface area contributed by atoms with Crippen LogP contribution < -0.4 is 10.1 Å². The van der Waals surface area contributed by atoms with E-state index in [1.165, 1.54) is 7.11 Å². The summed E-state index contributed by atoms with van der Waals surface area (Å²) in [5.74, 6) is -0.0887. The summed E-state index contributed by atoms with van der Waals surface area (Å²) >= 11 is 2.14. The molecule has 0 spiro atoms. The second-order valence-corrected chi connectivity index (χ2v) is 8.68. The van der Waals surface area contributed by atoms with Gasteiger partial charge in [0.15, 0.2) is 0 Å². The Hall–Kier alpha value is -1.73. The number of amides is 2. The summed E-state index contributed by atoms with van der Waals surface area (Å²) < 4.78 is 17.4. The first-order chi connectivity index (χ1) is 15.9. The lowest BCUT2D eigenvalue weighted by Crippen LogP contribution is -2.56. The predicted octanol–water partition coefficient (Wildman–Crippen LogP) is 1.11. The maximum atomic E-state index is 12.9. The van der Waals surface area contributed by atoms with Gasteiger partial charge in [0.1, 0.15) is 24.6 Å². The summed E-state index contributed by atoms with van der Waals surface area (Å²) in [6.07, 6.45) is 0.400. The number of methoxy groups -OCH3 is 1. The van der Waals surface area contributed by atoms with Crippen LogP contribution in [0, 0.1) is 3.57 Å². The lowest BCUT2D eigenvalue weighted by atomic mass is 9.88. The summed E-state index contributed by atoms with van der Waals surface area (Å²) in [5, 5.41) is 22.9. The number of carbonyl (C=O) groups is 2. The fourth-order valence-electron chi connectivity index (χ4n) is 3.63. The molecule has 0 saturated heterocycles. The van der Waals surface area contributed by atoms with Gasteiger partial charge in [-0.3, -0.25) is 9.59 Å². The third-order valence-electron chi connectivity index (χ3n) is 5.19. The van der Waals surface area contributed by atoms with Crippen LogP contribution >= 0.6 is 22.6 Å². The molecular weight excluding hydrogens is 543 g/mol. The van der Waals surface area contributed by atoms with Crippen LogP contribution in [0.5, 0.6) is 5.75 Å². The summed E-state index contributed by atoms with van der Waals surface area (Å²) in [6, 6.07) is 6.67. The van der Waals surface area contributed by atoms with Crippen molar-refractivity contribution in [1.29, 1.82) is 0 Å². The Kier molecular flexibility index (Phi) is 12.1. The van der Waals surface area contributed by atoms with E-state index in [9.17, 15) is 14.7 Å². The van der Waals surface area contributed by atoms with Crippen molar-refractivity contribution in [3.8, 4) is 5.75 Å². The first-order valence-corrected chi connectivity index (χ1v) is 12.1. The lowest BCUT2D eigenvalue weighted by Gasteiger charge is -2.40. The molecule has 0 aromatic heterocycles. The van der Waals surface area contributed by atoms with Crippen LogP contribution in [0.4, 0.5) is 0 Å². The van der Waals surface area contributed by atoms with Gasteiger partial charge in [-0.2, -0.15) is 0 Å². The monoisotopic (exact) mass is 576 g/mol. The highest BCUT2D eigenvalue weighted by atomic mass is 127. The third kappa shape index (κ3) is 8.21. The van der Waals surface area contributed by atoms with E-state index in [0.29, 0.717) is 37.5 Å². The van der Waals surface area contributed by atoms with Gasteiger partial charge in [-0.15, -0.1) is 0 Å². The van der Waals surface area contributed by atoms with Crippen molar-refractivity contribution in [2.24, 2.45) is 0 Å². The molecule has 33 heavy (non-hydrogen) atoms. The lowest BCUT2D eigenvalue weighted by molar-refractivity contribution is -0.142. The van der Waals surface area contributed by atoms with Crippen LogP contribution in [-0.2, 0) is 19.1 Å². The smallest absolute Gasteiger partial charge is 0.248 e. The van der Waals surface area contributed by atoms with Crippen molar-refractivity contribution in [2.45, 2.75) is 38.0 Å². The Labute approximate surface area is 208 Å². The van der Waals surface area contributed by atoms with E-state index in [1.807, 2.05) is 25.1 Å². The van der Waals surface area contributed by atoms with Gasteiger partial charge in [0.05, 0.1) is 16.2 Å². The van der Waals surface area contributed by atoms with Gasteiger partial charge in [-0.25, -0.2) is 0 Å². The Morgan fingerprint density at radius 2 is 2.06 bits per heavy atom. The molecule has 1 aromatic carbocycles. The van der Waals surface area contributed by atoms with Crippen molar-refractivity contribution >= 4 is 34.4 Å². The zero-order valence-corrected chi connectivity index (χ0v) is 21.2. The van der Waals surface area contributed by atoms with Gasteiger partial charge in [-0.05, 0) is 54.1 Å². The summed E-state index contributed by atoms with van der Waals surface area (Å²) in [7, 11) is 1.44. The van der Waals surface area contributed by atoms with E-state index in [2.05, 4.69) is 27.9 Å². The molecule has 2 rings (SSSR count). The molecule has 0 unspecified atom stereocenters. The Morgan fingerprint density at radius 3 is 2.73 bits per heavy atom. The van der Waals surface area contributed by atoms with Crippen molar-refractivity contribution in [3.05, 3.63) is 39.5 Å². The number of aliphatic hydroxyl groups is 2. The number of nitrogens with zero attached hydrogens (tertiary/aromatic N) is 1. The van der Waals surface area contributed by atoms with Crippen LogP contribution in [0.1, 0.15) is 19.8 Å². The molecule has 0 fully saturated rings. The largest absolute Gasteiger partial charge is 0.482 e. The highest BCUT2D eigenvalue weighted by Crippen LogP contribution is 2.29. The van der Waals surface area contributed by atoms with Gasteiger partial charge in [0.25, 0.3) is 0 Å². The van der Waals surface area contributed by atoms with E-state index < -0.39 is 18.2 Å². The number of nitrogens with one attached hydrogen (secondary N) is 1. The second kappa shape index (κ2) is 14.5. The van der Waals surface area contributed by atoms with E-state index >= 15 is 0 Å². The third-order valence-corrected chi connectivity index (χ3v) is 6.09. The molecule has 2 amide bonds. The molecule has 10 heteroatoms. The number of hydrogen-bond donors (Lipinski definition) is 3. The molecule has 0 radical (unpaired) electrons. The highest BCUT2D eigenvalue weighted by molar-refractivity contribution is 14.1. The summed E-state index contributed by atoms with van der Waals surface area (Å²) in [5.41, 5.74) is 0.384. The van der Waals surface area contributed by atoms with Gasteiger partial charge in [0, 0.05) is 45.4 Å². The van der Waals surface area contributed by atoms with Gasteiger partial charge < -0.3 is 34.6 Å². The first-order valence-electron chi connectivity index (χ1n) is 11.0. The molecule has 1 aromatic rings. The fourth-order valence-corrected chi connectivity index (χ4v) is 4.14. The van der Waals surface area contributed by atoms with Crippen LogP contribution in [-0.4, -0.2) is 91.8 Å². The maximum Gasteiger partial charge on any atom is 0.248 e. The number of benzene rings is 1. The number of hydrogen-bond acceptors (Lipinski definition) is 7. The average Bonchev–Trinajstić information content (AvgIpc) is 2.80. The summed E-state index contributed by atoms with van der Waals surface area (Å²) in [6.45, 7) is 3.04. The molecule has 0 aliphatic heterocycles. The maximum absolute atomic E-state index is 12.9. The number of halogens is 1. The molecule has 1 aliphatic rings. The minimum Gasteiger partial charge on any atom is -0.482 e. The molecule has 0 heterocycles. The summed E-state index contributed by atoms with van der Waals surface area (Å²) in [4.78, 5) is 27.1. The fraction of sp³-hybridized carbons (Fsp3) is 0.565. The standard InChI is InChI=1S/C23H33IN2O7/c1-3-32-12-6-10-26(21(28)15-31-2)18-13-16(23(30)25-9-11-27)14-20(22(18)29)33-19-8-5-4-7-17(19)24/h4-5,7-8,14,18,20,22,27,29H,3,6,9-13,15H2,1-2H3,(H,25,30)/t18-,20+,22+/m1/s1. The van der Waals surface area contributed by atoms with Crippen LogP contribution in [0.2, 0.25) is 0 Å². The van der Waals surface area contributed by atoms with Gasteiger partial charge in [-0.1, -0.05) is 12.1 Å². The zero-order chi connectivity index (χ0) is 24.2. The SMILES string of the molecule is CCOCCCN(C(=O)COC)[C@@H]1CC(C(=O)NCCO)=C[C@H](Oc2ccccc2I)[C@H]1O. The number of rotatable bonds is 13.